The van der Waals surface area contributed by atoms with Crippen molar-refractivity contribution in [3.05, 3.63) is 4.60 Å². The van der Waals surface area contributed by atoms with Gasteiger partial charge in [0.25, 0.3) is 10.0 Å². The lowest BCUT2D eigenvalue weighted by molar-refractivity contribution is -0.120. The first-order chi connectivity index (χ1) is 7.88. The first-order valence-electron chi connectivity index (χ1n) is 4.64. The molecule has 0 aliphatic heterocycles. The van der Waals surface area contributed by atoms with Crippen molar-refractivity contribution in [1.29, 1.82) is 0 Å². The molecule has 0 aromatic carbocycles. The van der Waals surface area contributed by atoms with Gasteiger partial charge in [-0.2, -0.15) is 0 Å². The Hall–Kier alpha value is -1.00. The van der Waals surface area contributed by atoms with Crippen molar-refractivity contribution >= 4 is 31.9 Å². The van der Waals surface area contributed by atoms with Gasteiger partial charge < -0.3 is 5.32 Å². The maximum atomic E-state index is 11.8. The van der Waals surface area contributed by atoms with E-state index in [0.717, 1.165) is 4.68 Å². The van der Waals surface area contributed by atoms with Crippen molar-refractivity contribution in [2.45, 2.75) is 11.4 Å². The Bertz CT molecular complexity index is 492. The SMILES string of the molecule is CNC(=O)CCNS(=O)(=O)c1c(Br)nnn1C. The Labute approximate surface area is 107 Å². The fraction of sp³-hybridized carbons (Fsp3) is 0.571. The molecule has 1 aromatic rings. The Morgan fingerprint density at radius 1 is 1.53 bits per heavy atom. The second-order valence-corrected chi connectivity index (χ2v) is 5.56. The Morgan fingerprint density at radius 3 is 2.65 bits per heavy atom. The van der Waals surface area contributed by atoms with E-state index in [-0.39, 0.29) is 28.5 Å². The van der Waals surface area contributed by atoms with Crippen LogP contribution >= 0.6 is 15.9 Å². The van der Waals surface area contributed by atoms with E-state index >= 15 is 0 Å². The maximum absolute atomic E-state index is 11.8. The predicted octanol–water partition coefficient (Wildman–Crippen LogP) is -1.01. The molecule has 0 fully saturated rings. The van der Waals surface area contributed by atoms with Crippen molar-refractivity contribution in [2.75, 3.05) is 13.6 Å². The number of nitrogens with one attached hydrogen (secondary N) is 2. The van der Waals surface area contributed by atoms with Crippen LogP contribution < -0.4 is 10.0 Å². The zero-order valence-electron chi connectivity index (χ0n) is 9.27. The molecule has 0 bridgehead atoms. The third kappa shape index (κ3) is 3.48. The van der Waals surface area contributed by atoms with Crippen molar-refractivity contribution in [2.24, 2.45) is 7.05 Å². The van der Waals surface area contributed by atoms with Gasteiger partial charge in [0.2, 0.25) is 10.9 Å². The maximum Gasteiger partial charge on any atom is 0.260 e. The fourth-order valence-corrected chi connectivity index (χ4v) is 3.22. The molecule has 1 rings (SSSR count). The first-order valence-corrected chi connectivity index (χ1v) is 6.91. The molecule has 1 amide bonds. The van der Waals surface area contributed by atoms with E-state index in [2.05, 4.69) is 36.3 Å². The minimum Gasteiger partial charge on any atom is -0.359 e. The van der Waals surface area contributed by atoms with E-state index in [4.69, 9.17) is 0 Å². The molecule has 1 heterocycles. The topological polar surface area (TPSA) is 106 Å². The lowest BCUT2D eigenvalue weighted by atomic mass is 10.4. The van der Waals surface area contributed by atoms with Gasteiger partial charge in [-0.25, -0.2) is 17.8 Å². The number of hydrogen-bond acceptors (Lipinski definition) is 5. The molecule has 0 radical (unpaired) electrons. The summed E-state index contributed by atoms with van der Waals surface area (Å²) in [6, 6.07) is 0. The van der Waals surface area contributed by atoms with E-state index in [1.807, 2.05) is 0 Å². The molecule has 0 aliphatic rings. The molecule has 0 atom stereocenters. The number of nitrogens with zero attached hydrogens (tertiary/aromatic N) is 3. The monoisotopic (exact) mass is 325 g/mol. The zero-order valence-corrected chi connectivity index (χ0v) is 11.7. The molecule has 17 heavy (non-hydrogen) atoms. The van der Waals surface area contributed by atoms with Crippen molar-refractivity contribution in [3.8, 4) is 0 Å². The number of amides is 1. The van der Waals surface area contributed by atoms with Crippen LogP contribution in [0, 0.1) is 0 Å². The Balaban J connectivity index is 2.73. The summed E-state index contributed by atoms with van der Waals surface area (Å²) in [5, 5.41) is 9.46. The predicted molar refractivity (Wildman–Crippen MR) is 62.6 cm³/mol. The van der Waals surface area contributed by atoms with Gasteiger partial charge >= 0.3 is 0 Å². The summed E-state index contributed by atoms with van der Waals surface area (Å²) in [4.78, 5) is 10.9. The second-order valence-electron chi connectivity index (χ2n) is 3.13. The van der Waals surface area contributed by atoms with Crippen LogP contribution in [0.15, 0.2) is 9.63 Å². The van der Waals surface area contributed by atoms with Gasteiger partial charge in [0.1, 0.15) is 0 Å². The molecule has 8 nitrogen and oxygen atoms in total. The molecule has 0 saturated heterocycles. The number of carbonyl (C=O) groups is 1. The van der Waals surface area contributed by atoms with Crippen LogP contribution in [0.25, 0.3) is 0 Å². The van der Waals surface area contributed by atoms with Crippen molar-refractivity contribution in [1.82, 2.24) is 25.0 Å². The van der Waals surface area contributed by atoms with Crippen LogP contribution in [0.4, 0.5) is 0 Å². The van der Waals surface area contributed by atoms with Crippen LogP contribution in [0.2, 0.25) is 0 Å². The van der Waals surface area contributed by atoms with Gasteiger partial charge in [-0.1, -0.05) is 5.21 Å². The summed E-state index contributed by atoms with van der Waals surface area (Å²) in [7, 11) is -0.773. The van der Waals surface area contributed by atoms with Gasteiger partial charge in [-0.15, -0.1) is 5.10 Å². The molecule has 96 valence electrons. The Morgan fingerprint density at radius 2 is 2.18 bits per heavy atom. The summed E-state index contributed by atoms with van der Waals surface area (Å²) < 4.78 is 27.2. The normalized spacial score (nSPS) is 11.5. The third-order valence-electron chi connectivity index (χ3n) is 1.91. The number of hydrogen-bond donors (Lipinski definition) is 2. The lowest BCUT2D eigenvalue weighted by Gasteiger charge is -2.05. The molecule has 0 saturated carbocycles. The molecule has 0 unspecified atom stereocenters. The van der Waals surface area contributed by atoms with Crippen LogP contribution in [-0.2, 0) is 21.9 Å². The van der Waals surface area contributed by atoms with Gasteiger partial charge in [0, 0.05) is 27.1 Å². The van der Waals surface area contributed by atoms with Crippen LogP contribution in [0.5, 0.6) is 0 Å². The highest BCUT2D eigenvalue weighted by Crippen LogP contribution is 2.17. The summed E-state index contributed by atoms with van der Waals surface area (Å²) in [6.45, 7) is 0.0135. The van der Waals surface area contributed by atoms with Crippen LogP contribution in [-0.4, -0.2) is 42.9 Å². The fourth-order valence-electron chi connectivity index (χ4n) is 1.10. The van der Waals surface area contributed by atoms with Gasteiger partial charge in [-0.3, -0.25) is 4.79 Å². The quantitative estimate of drug-likeness (QED) is 0.721. The average Bonchev–Trinajstić information content (AvgIpc) is 2.58. The van der Waals surface area contributed by atoms with Gasteiger partial charge in [0.05, 0.1) is 0 Å². The minimum absolute atomic E-state index is 0.0135. The highest BCUT2D eigenvalue weighted by Gasteiger charge is 2.23. The molecular weight excluding hydrogens is 314 g/mol. The molecule has 0 spiro atoms. The van der Waals surface area contributed by atoms with Crippen LogP contribution in [0.3, 0.4) is 0 Å². The van der Waals surface area contributed by atoms with E-state index in [1.54, 1.807) is 0 Å². The summed E-state index contributed by atoms with van der Waals surface area (Å²) in [5.74, 6) is -0.241. The standard InChI is InChI=1S/C7H12BrN5O3S/c1-9-5(14)3-4-10-17(15,16)7-6(8)11-12-13(7)2/h10H,3-4H2,1-2H3,(H,9,14). The van der Waals surface area contributed by atoms with Gasteiger partial charge in [0.15, 0.2) is 4.60 Å². The van der Waals surface area contributed by atoms with Crippen LogP contribution in [0.1, 0.15) is 6.42 Å². The van der Waals surface area contributed by atoms with Crippen molar-refractivity contribution < 1.29 is 13.2 Å². The number of aromatic nitrogens is 3. The first kappa shape index (κ1) is 14.1. The average molecular weight is 326 g/mol. The lowest BCUT2D eigenvalue weighted by Crippen LogP contribution is -2.30. The van der Waals surface area contributed by atoms with Gasteiger partial charge in [-0.05, 0) is 15.9 Å². The van der Waals surface area contributed by atoms with E-state index < -0.39 is 10.0 Å². The highest BCUT2D eigenvalue weighted by atomic mass is 79.9. The van der Waals surface area contributed by atoms with E-state index in [1.165, 1.54) is 14.1 Å². The number of sulfonamides is 1. The minimum atomic E-state index is -3.72. The number of aryl methyl sites for hydroxylation is 1. The number of carbonyl (C=O) groups excluding carboxylic acids is 1. The largest absolute Gasteiger partial charge is 0.359 e. The van der Waals surface area contributed by atoms with E-state index in [9.17, 15) is 13.2 Å². The zero-order chi connectivity index (χ0) is 13.1. The molecule has 0 aliphatic carbocycles. The highest BCUT2D eigenvalue weighted by molar-refractivity contribution is 9.10. The second kappa shape index (κ2) is 5.56. The van der Waals surface area contributed by atoms with Crippen molar-refractivity contribution in [3.63, 3.8) is 0 Å². The third-order valence-corrected chi connectivity index (χ3v) is 4.26. The summed E-state index contributed by atoms with van der Waals surface area (Å²) in [6.07, 6.45) is 0.0681. The molecular formula is C7H12BrN5O3S. The number of halogens is 1. The molecule has 10 heteroatoms. The smallest absolute Gasteiger partial charge is 0.260 e. The summed E-state index contributed by atoms with van der Waals surface area (Å²) >= 11 is 2.99. The Kier molecular flexibility index (Phi) is 4.60. The molecule has 1 aromatic heterocycles. The van der Waals surface area contributed by atoms with E-state index in [0.29, 0.717) is 0 Å². The molecule has 2 N–H and O–H groups in total. The number of rotatable bonds is 5. The summed E-state index contributed by atoms with van der Waals surface area (Å²) in [5.41, 5.74) is 0.